The molecule has 1 aromatic carbocycles. The summed E-state index contributed by atoms with van der Waals surface area (Å²) in [5, 5.41) is 3.31. The fraction of sp³-hybridized carbons (Fsp3) is 0.611. The van der Waals surface area contributed by atoms with Crippen molar-refractivity contribution in [2.45, 2.75) is 38.3 Å². The molecule has 3 atom stereocenters. The summed E-state index contributed by atoms with van der Waals surface area (Å²) in [5.74, 6) is 0.782. The van der Waals surface area contributed by atoms with Gasteiger partial charge in [-0.05, 0) is 37.7 Å². The Morgan fingerprint density at radius 2 is 2.18 bits per heavy atom. The molecule has 2 aliphatic heterocycles. The second kappa shape index (κ2) is 7.25. The van der Waals surface area contributed by atoms with Crippen LogP contribution < -0.4 is 5.32 Å². The molecule has 1 unspecified atom stereocenters. The first kappa shape index (κ1) is 15.5. The van der Waals surface area contributed by atoms with E-state index in [-0.39, 0.29) is 18.1 Å². The highest BCUT2D eigenvalue weighted by Crippen LogP contribution is 2.22. The zero-order chi connectivity index (χ0) is 15.4. The van der Waals surface area contributed by atoms with Crippen LogP contribution in [0.5, 0.6) is 0 Å². The van der Waals surface area contributed by atoms with E-state index in [9.17, 15) is 4.79 Å². The van der Waals surface area contributed by atoms with Crippen molar-refractivity contribution in [1.29, 1.82) is 0 Å². The number of piperidine rings is 1. The molecule has 2 saturated heterocycles. The second-order valence-corrected chi connectivity index (χ2v) is 6.49. The lowest BCUT2D eigenvalue weighted by Crippen LogP contribution is -2.57. The Morgan fingerprint density at radius 1 is 1.36 bits per heavy atom. The predicted octanol–water partition coefficient (Wildman–Crippen LogP) is 1.84. The Kier molecular flexibility index (Phi) is 5.11. The van der Waals surface area contributed by atoms with Gasteiger partial charge in [0, 0.05) is 19.6 Å². The molecule has 0 aromatic heterocycles. The van der Waals surface area contributed by atoms with Crippen molar-refractivity contribution in [3.8, 4) is 0 Å². The highest BCUT2D eigenvalue weighted by atomic mass is 16.5. The van der Waals surface area contributed by atoms with Gasteiger partial charge in [0.2, 0.25) is 5.91 Å². The van der Waals surface area contributed by atoms with Crippen molar-refractivity contribution in [2.75, 3.05) is 26.2 Å². The third kappa shape index (κ3) is 3.68. The van der Waals surface area contributed by atoms with Crippen molar-refractivity contribution in [3.63, 3.8) is 0 Å². The van der Waals surface area contributed by atoms with E-state index in [1.54, 1.807) is 0 Å². The second-order valence-electron chi connectivity index (χ2n) is 6.49. The monoisotopic (exact) mass is 302 g/mol. The number of rotatable bonds is 3. The molecule has 120 valence electrons. The summed E-state index contributed by atoms with van der Waals surface area (Å²) in [4.78, 5) is 14.8. The van der Waals surface area contributed by atoms with Crippen LogP contribution in [0.1, 0.15) is 25.3 Å². The number of amides is 1. The van der Waals surface area contributed by atoms with Crippen LogP contribution in [-0.2, 0) is 16.0 Å². The molecule has 1 aromatic rings. The van der Waals surface area contributed by atoms with E-state index in [0.29, 0.717) is 12.5 Å². The third-order valence-corrected chi connectivity index (χ3v) is 4.78. The maximum Gasteiger partial charge on any atom is 0.242 e. The van der Waals surface area contributed by atoms with Gasteiger partial charge in [-0.15, -0.1) is 0 Å². The fourth-order valence-electron chi connectivity index (χ4n) is 3.59. The zero-order valence-corrected chi connectivity index (χ0v) is 13.3. The SMILES string of the molecule is C[C@H]1OCCN[C@@H]1C(=O)N1CCCC(Cc2ccccc2)C1. The molecule has 1 N–H and O–H groups in total. The van der Waals surface area contributed by atoms with E-state index in [0.717, 1.165) is 32.5 Å². The maximum absolute atomic E-state index is 12.7. The van der Waals surface area contributed by atoms with E-state index >= 15 is 0 Å². The summed E-state index contributed by atoms with van der Waals surface area (Å²) in [6, 6.07) is 10.4. The van der Waals surface area contributed by atoms with Crippen molar-refractivity contribution in [2.24, 2.45) is 5.92 Å². The number of morpholine rings is 1. The average Bonchev–Trinajstić information content (AvgIpc) is 2.56. The number of ether oxygens (including phenoxy) is 1. The third-order valence-electron chi connectivity index (χ3n) is 4.78. The number of hydrogen-bond donors (Lipinski definition) is 1. The van der Waals surface area contributed by atoms with Gasteiger partial charge in [0.15, 0.2) is 0 Å². The van der Waals surface area contributed by atoms with Crippen molar-refractivity contribution >= 4 is 5.91 Å². The van der Waals surface area contributed by atoms with E-state index < -0.39 is 0 Å². The topological polar surface area (TPSA) is 41.6 Å². The van der Waals surface area contributed by atoms with E-state index in [4.69, 9.17) is 4.74 Å². The molecular formula is C18H26N2O2. The molecular weight excluding hydrogens is 276 g/mol. The Bertz CT molecular complexity index is 491. The highest BCUT2D eigenvalue weighted by Gasteiger charge is 2.33. The Labute approximate surface area is 132 Å². The van der Waals surface area contributed by atoms with Gasteiger partial charge in [-0.1, -0.05) is 30.3 Å². The first-order chi connectivity index (χ1) is 10.7. The highest BCUT2D eigenvalue weighted by molar-refractivity contribution is 5.82. The Balaban J connectivity index is 1.59. The standard InChI is InChI=1S/C18H26N2O2/c1-14-17(19-9-11-22-14)18(21)20-10-5-8-16(13-20)12-15-6-3-2-4-7-15/h2-4,6-7,14,16-17,19H,5,8-13H2,1H3/t14-,16?,17+/m1/s1. The minimum Gasteiger partial charge on any atom is -0.375 e. The normalized spacial score (nSPS) is 29.3. The Morgan fingerprint density at radius 3 is 2.95 bits per heavy atom. The summed E-state index contributed by atoms with van der Waals surface area (Å²) < 4.78 is 5.61. The number of benzene rings is 1. The molecule has 4 nitrogen and oxygen atoms in total. The first-order valence-electron chi connectivity index (χ1n) is 8.42. The number of hydrogen-bond acceptors (Lipinski definition) is 3. The van der Waals surface area contributed by atoms with Crippen molar-refractivity contribution in [3.05, 3.63) is 35.9 Å². The number of carbonyl (C=O) groups excluding carboxylic acids is 1. The molecule has 4 heteroatoms. The summed E-state index contributed by atoms with van der Waals surface area (Å²) in [6.07, 6.45) is 3.35. The molecule has 0 saturated carbocycles. The molecule has 2 aliphatic rings. The molecule has 1 amide bonds. The van der Waals surface area contributed by atoms with Crippen molar-refractivity contribution in [1.82, 2.24) is 10.2 Å². The Hall–Kier alpha value is -1.39. The first-order valence-corrected chi connectivity index (χ1v) is 8.42. The van der Waals surface area contributed by atoms with Crippen LogP contribution in [0.4, 0.5) is 0 Å². The van der Waals surface area contributed by atoms with Crippen LogP contribution in [0.15, 0.2) is 30.3 Å². The van der Waals surface area contributed by atoms with Gasteiger partial charge in [-0.2, -0.15) is 0 Å². The quantitative estimate of drug-likeness (QED) is 0.926. The molecule has 2 fully saturated rings. The van der Waals surface area contributed by atoms with Crippen LogP contribution >= 0.6 is 0 Å². The molecule has 0 spiro atoms. The molecule has 0 radical (unpaired) electrons. The zero-order valence-electron chi connectivity index (χ0n) is 13.3. The fourth-order valence-corrected chi connectivity index (χ4v) is 3.59. The lowest BCUT2D eigenvalue weighted by atomic mass is 9.91. The van der Waals surface area contributed by atoms with E-state index in [1.807, 2.05) is 11.8 Å². The predicted molar refractivity (Wildman–Crippen MR) is 86.7 cm³/mol. The number of nitrogens with zero attached hydrogens (tertiary/aromatic N) is 1. The van der Waals surface area contributed by atoms with Gasteiger partial charge in [-0.3, -0.25) is 4.79 Å². The molecule has 0 aliphatic carbocycles. The van der Waals surface area contributed by atoms with Gasteiger partial charge in [-0.25, -0.2) is 0 Å². The number of likely N-dealkylation sites (tertiary alicyclic amines) is 1. The summed E-state index contributed by atoms with van der Waals surface area (Å²) in [6.45, 7) is 5.21. The van der Waals surface area contributed by atoms with Crippen LogP contribution in [0.2, 0.25) is 0 Å². The summed E-state index contributed by atoms with van der Waals surface area (Å²) in [5.41, 5.74) is 1.37. The summed E-state index contributed by atoms with van der Waals surface area (Å²) >= 11 is 0. The number of nitrogens with one attached hydrogen (secondary N) is 1. The molecule has 22 heavy (non-hydrogen) atoms. The van der Waals surface area contributed by atoms with Crippen LogP contribution in [0.25, 0.3) is 0 Å². The smallest absolute Gasteiger partial charge is 0.242 e. The molecule has 3 rings (SSSR count). The minimum absolute atomic E-state index is 0.0317. The van der Waals surface area contributed by atoms with Crippen LogP contribution in [0.3, 0.4) is 0 Å². The van der Waals surface area contributed by atoms with E-state index in [2.05, 4.69) is 35.6 Å². The molecule has 2 heterocycles. The maximum atomic E-state index is 12.7. The number of carbonyl (C=O) groups is 1. The van der Waals surface area contributed by atoms with E-state index in [1.165, 1.54) is 12.0 Å². The van der Waals surface area contributed by atoms with Crippen molar-refractivity contribution < 1.29 is 9.53 Å². The van der Waals surface area contributed by atoms with Crippen LogP contribution in [-0.4, -0.2) is 49.2 Å². The van der Waals surface area contributed by atoms with Gasteiger partial charge in [0.05, 0.1) is 12.7 Å². The van der Waals surface area contributed by atoms with Crippen LogP contribution in [0, 0.1) is 5.92 Å². The lowest BCUT2D eigenvalue weighted by molar-refractivity contribution is -0.141. The van der Waals surface area contributed by atoms with Gasteiger partial charge in [0.1, 0.15) is 6.04 Å². The minimum atomic E-state index is -0.177. The van der Waals surface area contributed by atoms with Gasteiger partial charge in [0.25, 0.3) is 0 Å². The lowest BCUT2D eigenvalue weighted by Gasteiger charge is -2.38. The summed E-state index contributed by atoms with van der Waals surface area (Å²) in [7, 11) is 0. The van der Waals surface area contributed by atoms with Gasteiger partial charge >= 0.3 is 0 Å². The largest absolute Gasteiger partial charge is 0.375 e. The molecule has 0 bridgehead atoms. The van der Waals surface area contributed by atoms with Gasteiger partial charge < -0.3 is 15.0 Å². The average molecular weight is 302 g/mol.